The molecule has 1 aliphatic carbocycles. The van der Waals surface area contributed by atoms with Crippen molar-refractivity contribution in [3.8, 4) is 22.4 Å². The molecular weight excluding hydrogens is 550 g/mol. The van der Waals surface area contributed by atoms with Gasteiger partial charge < -0.3 is 14.4 Å². The van der Waals surface area contributed by atoms with Crippen LogP contribution in [0.1, 0.15) is 33.0 Å². The van der Waals surface area contributed by atoms with Crippen LogP contribution in [0.4, 0.5) is 4.79 Å². The molecule has 2 aliphatic rings. The predicted molar refractivity (Wildman–Crippen MR) is 170 cm³/mol. The third-order valence-corrected chi connectivity index (χ3v) is 8.78. The van der Waals surface area contributed by atoms with Crippen LogP contribution in [0.15, 0.2) is 103 Å². The molecule has 0 radical (unpaired) electrons. The topological polar surface area (TPSA) is 72.0 Å². The number of amides is 1. The molecule has 0 spiro atoms. The highest BCUT2D eigenvalue weighted by atomic mass is 16.6. The van der Waals surface area contributed by atoms with Crippen molar-refractivity contribution in [2.45, 2.75) is 12.5 Å². The summed E-state index contributed by atoms with van der Waals surface area (Å²) >= 11 is 0. The number of carbonyl (C=O) groups is 2. The van der Waals surface area contributed by atoms with E-state index in [1.807, 2.05) is 66.7 Å². The van der Waals surface area contributed by atoms with Gasteiger partial charge in [-0.2, -0.15) is 0 Å². The number of esters is 1. The number of pyridine rings is 1. The molecule has 0 unspecified atom stereocenters. The van der Waals surface area contributed by atoms with Gasteiger partial charge in [-0.3, -0.25) is 4.90 Å². The van der Waals surface area contributed by atoms with E-state index >= 15 is 0 Å². The highest BCUT2D eigenvalue weighted by Gasteiger charge is 2.31. The van der Waals surface area contributed by atoms with Gasteiger partial charge in [0.2, 0.25) is 0 Å². The van der Waals surface area contributed by atoms with E-state index in [2.05, 4.69) is 41.3 Å². The smallest absolute Gasteiger partial charge is 0.409 e. The number of methoxy groups -OCH3 is 1. The number of benzene rings is 4. The summed E-state index contributed by atoms with van der Waals surface area (Å²) in [7, 11) is 1.41. The van der Waals surface area contributed by atoms with Gasteiger partial charge in [0.1, 0.15) is 6.61 Å². The number of nitrogens with zero attached hydrogens (tertiary/aromatic N) is 3. The molecular formula is C37H33N3O4. The number of fused-ring (bicyclic) bond motifs is 4. The van der Waals surface area contributed by atoms with Crippen molar-refractivity contribution in [3.63, 3.8) is 0 Å². The van der Waals surface area contributed by atoms with Gasteiger partial charge in [-0.15, -0.1) is 0 Å². The zero-order valence-corrected chi connectivity index (χ0v) is 24.6. The summed E-state index contributed by atoms with van der Waals surface area (Å²) in [5, 5.41) is 0.770. The first-order valence-corrected chi connectivity index (χ1v) is 15.0. The third-order valence-electron chi connectivity index (χ3n) is 8.78. The molecule has 0 saturated carbocycles. The quantitative estimate of drug-likeness (QED) is 0.206. The second-order valence-electron chi connectivity index (χ2n) is 11.3. The van der Waals surface area contributed by atoms with Gasteiger partial charge in [0.05, 0.1) is 23.9 Å². The summed E-state index contributed by atoms with van der Waals surface area (Å²) in [6, 6.07) is 34.3. The van der Waals surface area contributed by atoms with Gasteiger partial charge in [-0.05, 0) is 28.3 Å². The minimum absolute atomic E-state index is 0.0289. The second-order valence-corrected chi connectivity index (χ2v) is 11.3. The number of ether oxygens (including phenoxy) is 2. The number of hydrogen-bond donors (Lipinski definition) is 0. The molecule has 1 aliphatic heterocycles. The standard InChI is InChI=1S/C37H33N3O4/c1-43-36(41)34-30-17-9-10-18-33(30)38-35(25-11-3-2-4-12-25)31(34)23-39-19-21-40(22-20-39)37(42)44-24-32-28-15-7-5-13-26(28)27-14-6-8-16-29(27)32/h2-18,32H,19-24H2,1H3. The number of rotatable bonds is 6. The Kier molecular flexibility index (Phi) is 7.54. The van der Waals surface area contributed by atoms with E-state index in [1.165, 1.54) is 29.4 Å². The Bertz CT molecular complexity index is 1800. The lowest BCUT2D eigenvalue weighted by atomic mass is 9.96. The van der Waals surface area contributed by atoms with E-state index in [0.29, 0.717) is 44.9 Å². The molecule has 1 saturated heterocycles. The fourth-order valence-corrected chi connectivity index (χ4v) is 6.57. The largest absolute Gasteiger partial charge is 0.465 e. The Hall–Kier alpha value is -5.01. The monoisotopic (exact) mass is 583 g/mol. The van der Waals surface area contributed by atoms with Crippen molar-refractivity contribution < 1.29 is 19.1 Å². The summed E-state index contributed by atoms with van der Waals surface area (Å²) in [4.78, 5) is 35.5. The lowest BCUT2D eigenvalue weighted by Gasteiger charge is -2.35. The fraction of sp³-hybridized carbons (Fsp3) is 0.216. The van der Waals surface area contributed by atoms with E-state index in [-0.39, 0.29) is 18.0 Å². The SMILES string of the molecule is COC(=O)c1c(CN2CCN(C(=O)OCC3c4ccccc4-c4ccccc43)CC2)c(-c2ccccc2)nc2ccccc12. The Morgan fingerprint density at radius 3 is 2.07 bits per heavy atom. The number of hydrogen-bond acceptors (Lipinski definition) is 6. The minimum atomic E-state index is -0.381. The maximum absolute atomic E-state index is 13.2. The average Bonchev–Trinajstić information content (AvgIpc) is 3.40. The van der Waals surface area contributed by atoms with Crippen LogP contribution in [0.3, 0.4) is 0 Å². The van der Waals surface area contributed by atoms with Gasteiger partial charge in [-0.25, -0.2) is 14.6 Å². The lowest BCUT2D eigenvalue weighted by molar-refractivity contribution is 0.0598. The molecule has 0 N–H and O–H groups in total. The first-order chi connectivity index (χ1) is 21.6. The van der Waals surface area contributed by atoms with Gasteiger partial charge in [-0.1, -0.05) is 97.1 Å². The molecule has 44 heavy (non-hydrogen) atoms. The van der Waals surface area contributed by atoms with Crippen molar-refractivity contribution in [2.75, 3.05) is 39.9 Å². The number of aromatic nitrogens is 1. The van der Waals surface area contributed by atoms with E-state index in [0.717, 1.165) is 27.7 Å². The van der Waals surface area contributed by atoms with E-state index in [1.54, 1.807) is 4.90 Å². The average molecular weight is 584 g/mol. The predicted octanol–water partition coefficient (Wildman–Crippen LogP) is 6.76. The normalized spacial score (nSPS) is 14.7. The lowest BCUT2D eigenvalue weighted by Crippen LogP contribution is -2.48. The van der Waals surface area contributed by atoms with Crippen LogP contribution in [0.25, 0.3) is 33.3 Å². The number of para-hydroxylation sites is 1. The van der Waals surface area contributed by atoms with Crippen LogP contribution in [0.2, 0.25) is 0 Å². The Morgan fingerprint density at radius 2 is 1.39 bits per heavy atom. The molecule has 1 aromatic heterocycles. The van der Waals surface area contributed by atoms with Crippen molar-refractivity contribution in [2.24, 2.45) is 0 Å². The summed E-state index contributed by atoms with van der Waals surface area (Å²) in [5.41, 5.74) is 8.64. The zero-order chi connectivity index (χ0) is 30.0. The van der Waals surface area contributed by atoms with Crippen molar-refractivity contribution in [1.82, 2.24) is 14.8 Å². The Balaban J connectivity index is 1.07. The van der Waals surface area contributed by atoms with E-state index in [9.17, 15) is 9.59 Å². The van der Waals surface area contributed by atoms with E-state index in [4.69, 9.17) is 14.5 Å². The molecule has 1 amide bonds. The minimum Gasteiger partial charge on any atom is -0.465 e. The zero-order valence-electron chi connectivity index (χ0n) is 24.6. The molecule has 7 rings (SSSR count). The molecule has 0 bridgehead atoms. The molecule has 7 heteroatoms. The molecule has 5 aromatic rings. The molecule has 0 atom stereocenters. The van der Waals surface area contributed by atoms with Crippen LogP contribution in [0, 0.1) is 0 Å². The van der Waals surface area contributed by atoms with Crippen LogP contribution in [-0.2, 0) is 16.0 Å². The summed E-state index contributed by atoms with van der Waals surface area (Å²) < 4.78 is 11.2. The molecule has 7 nitrogen and oxygen atoms in total. The van der Waals surface area contributed by atoms with Crippen LogP contribution in [-0.4, -0.2) is 66.7 Å². The maximum Gasteiger partial charge on any atom is 0.409 e. The van der Waals surface area contributed by atoms with Crippen LogP contribution in [0.5, 0.6) is 0 Å². The maximum atomic E-state index is 13.2. The van der Waals surface area contributed by atoms with Crippen molar-refractivity contribution in [1.29, 1.82) is 0 Å². The molecule has 4 aromatic carbocycles. The highest BCUT2D eigenvalue weighted by Crippen LogP contribution is 2.44. The number of piperazine rings is 1. The molecule has 1 fully saturated rings. The van der Waals surface area contributed by atoms with Gasteiger partial charge in [0.15, 0.2) is 0 Å². The second kappa shape index (κ2) is 11.9. The Morgan fingerprint density at radius 1 is 0.773 bits per heavy atom. The van der Waals surface area contributed by atoms with Gasteiger partial charge >= 0.3 is 12.1 Å². The van der Waals surface area contributed by atoms with Gasteiger partial charge in [0, 0.05) is 55.2 Å². The molecule has 2 heterocycles. The van der Waals surface area contributed by atoms with E-state index < -0.39 is 0 Å². The third kappa shape index (κ3) is 5.09. The van der Waals surface area contributed by atoms with Crippen molar-refractivity contribution >= 4 is 23.0 Å². The van der Waals surface area contributed by atoms with Gasteiger partial charge in [0.25, 0.3) is 0 Å². The first kappa shape index (κ1) is 27.8. The Labute approximate surface area is 256 Å². The fourth-order valence-electron chi connectivity index (χ4n) is 6.57. The highest BCUT2D eigenvalue weighted by molar-refractivity contribution is 6.06. The van der Waals surface area contributed by atoms with Crippen molar-refractivity contribution in [3.05, 3.63) is 125 Å². The summed E-state index contributed by atoms with van der Waals surface area (Å²) in [6.07, 6.45) is -0.292. The van der Waals surface area contributed by atoms with Crippen LogP contribution < -0.4 is 0 Å². The molecule has 220 valence electrons. The number of carbonyl (C=O) groups excluding carboxylic acids is 2. The summed E-state index contributed by atoms with van der Waals surface area (Å²) in [6.45, 7) is 3.17. The van der Waals surface area contributed by atoms with Crippen LogP contribution >= 0.6 is 0 Å². The first-order valence-electron chi connectivity index (χ1n) is 15.0. The summed E-state index contributed by atoms with van der Waals surface area (Å²) in [5.74, 6) is -0.353.